The first-order valence-corrected chi connectivity index (χ1v) is 8.04. The molecule has 0 saturated carbocycles. The predicted molar refractivity (Wildman–Crippen MR) is 89.6 cm³/mol. The molecule has 2 N–H and O–H groups in total. The Kier molecular flexibility index (Phi) is 5.64. The average Bonchev–Trinajstić information content (AvgIpc) is 3.03. The molecule has 0 aliphatic heterocycles. The van der Waals surface area contributed by atoms with Crippen molar-refractivity contribution >= 4 is 29.1 Å². The minimum atomic E-state index is -1.06. The van der Waals surface area contributed by atoms with Gasteiger partial charge >= 0.3 is 5.97 Å². The zero-order chi connectivity index (χ0) is 17.7. The van der Waals surface area contributed by atoms with E-state index >= 15 is 0 Å². The Balaban J connectivity index is 1.88. The number of carboxylic acid groups (broad SMARTS) is 1. The van der Waals surface area contributed by atoms with Gasteiger partial charge in [-0.15, -0.1) is 11.3 Å². The van der Waals surface area contributed by atoms with E-state index in [0.717, 1.165) is 0 Å². The summed E-state index contributed by atoms with van der Waals surface area (Å²) in [6.45, 7) is 0.351. The number of nitrogens with zero attached hydrogens (tertiary/aromatic N) is 2. The van der Waals surface area contributed by atoms with E-state index in [4.69, 9.17) is 5.11 Å². The van der Waals surface area contributed by atoms with E-state index < -0.39 is 5.97 Å². The lowest BCUT2D eigenvalue weighted by atomic mass is 10.1. The Morgan fingerprint density at radius 1 is 1.17 bits per heavy atom. The molecule has 7 nitrogen and oxygen atoms in total. The number of amides is 2. The lowest BCUT2D eigenvalue weighted by molar-refractivity contribution is 0.0690. The van der Waals surface area contributed by atoms with E-state index in [9.17, 15) is 14.4 Å². The van der Waals surface area contributed by atoms with Crippen LogP contribution >= 0.6 is 11.3 Å². The maximum absolute atomic E-state index is 12.0. The average molecular weight is 347 g/mol. The SMILES string of the molecule is CN(C)C(=O)c1ccc(C(=O)NCCc2nc(C(=O)O)cs2)cc1. The number of benzene rings is 1. The van der Waals surface area contributed by atoms with Crippen LogP contribution in [0.1, 0.15) is 36.2 Å². The van der Waals surface area contributed by atoms with E-state index in [1.807, 2.05) is 0 Å². The summed E-state index contributed by atoms with van der Waals surface area (Å²) >= 11 is 1.25. The molecular weight excluding hydrogens is 330 g/mol. The molecule has 0 saturated heterocycles. The highest BCUT2D eigenvalue weighted by Crippen LogP contribution is 2.10. The highest BCUT2D eigenvalue weighted by Gasteiger charge is 2.11. The van der Waals surface area contributed by atoms with Gasteiger partial charge in [0.05, 0.1) is 5.01 Å². The Bertz CT molecular complexity index is 753. The first kappa shape index (κ1) is 17.6. The summed E-state index contributed by atoms with van der Waals surface area (Å²) in [6.07, 6.45) is 0.459. The van der Waals surface area contributed by atoms with Crippen LogP contribution in [0.25, 0.3) is 0 Å². The molecule has 24 heavy (non-hydrogen) atoms. The standard InChI is InChI=1S/C16H17N3O4S/c1-19(2)15(21)11-5-3-10(4-6-11)14(20)17-8-7-13-18-12(9-24-13)16(22)23/h3-6,9H,7-8H2,1-2H3,(H,17,20)(H,22,23). The highest BCUT2D eigenvalue weighted by molar-refractivity contribution is 7.09. The number of rotatable bonds is 6. The van der Waals surface area contributed by atoms with Gasteiger partial charge in [-0.1, -0.05) is 0 Å². The van der Waals surface area contributed by atoms with Gasteiger partial charge in [-0.25, -0.2) is 9.78 Å². The van der Waals surface area contributed by atoms with Gasteiger partial charge in [-0.2, -0.15) is 0 Å². The third-order valence-electron chi connectivity index (χ3n) is 3.20. The number of carbonyl (C=O) groups excluding carboxylic acids is 2. The molecule has 1 aromatic heterocycles. The van der Waals surface area contributed by atoms with Crippen LogP contribution in [-0.2, 0) is 6.42 Å². The van der Waals surface area contributed by atoms with Crippen molar-refractivity contribution in [1.82, 2.24) is 15.2 Å². The summed E-state index contributed by atoms with van der Waals surface area (Å²) in [6, 6.07) is 6.41. The molecule has 126 valence electrons. The summed E-state index contributed by atoms with van der Waals surface area (Å²) in [5, 5.41) is 13.7. The van der Waals surface area contributed by atoms with Gasteiger partial charge in [0.15, 0.2) is 5.69 Å². The second-order valence-electron chi connectivity index (χ2n) is 5.21. The summed E-state index contributed by atoms with van der Waals surface area (Å²) < 4.78 is 0. The van der Waals surface area contributed by atoms with E-state index in [0.29, 0.717) is 29.1 Å². The number of hydrogen-bond donors (Lipinski definition) is 2. The zero-order valence-electron chi connectivity index (χ0n) is 13.3. The number of thiazole rings is 1. The molecule has 2 rings (SSSR count). The van der Waals surface area contributed by atoms with Gasteiger partial charge in [0, 0.05) is 43.6 Å². The highest BCUT2D eigenvalue weighted by atomic mass is 32.1. The third kappa shape index (κ3) is 4.39. The van der Waals surface area contributed by atoms with Crippen molar-refractivity contribution < 1.29 is 19.5 Å². The van der Waals surface area contributed by atoms with Gasteiger partial charge in [-0.05, 0) is 24.3 Å². The Morgan fingerprint density at radius 3 is 2.33 bits per heavy atom. The first-order chi connectivity index (χ1) is 11.4. The maximum atomic E-state index is 12.0. The Morgan fingerprint density at radius 2 is 1.79 bits per heavy atom. The van der Waals surface area contributed by atoms with Crippen LogP contribution < -0.4 is 5.32 Å². The molecule has 1 aromatic carbocycles. The smallest absolute Gasteiger partial charge is 0.355 e. The van der Waals surface area contributed by atoms with E-state index in [2.05, 4.69) is 10.3 Å². The fourth-order valence-electron chi connectivity index (χ4n) is 1.93. The van der Waals surface area contributed by atoms with Gasteiger partial charge in [0.2, 0.25) is 0 Å². The molecule has 8 heteroatoms. The van der Waals surface area contributed by atoms with Gasteiger partial charge in [0.25, 0.3) is 11.8 Å². The van der Waals surface area contributed by atoms with Crippen LogP contribution in [0.2, 0.25) is 0 Å². The predicted octanol–water partition coefficient (Wildman–Crippen LogP) is 1.52. The molecule has 2 amide bonds. The van der Waals surface area contributed by atoms with Crippen LogP contribution in [-0.4, -0.2) is 53.4 Å². The summed E-state index contributed by atoms with van der Waals surface area (Å²) in [4.78, 5) is 40.0. The van der Waals surface area contributed by atoms with Crippen LogP contribution in [0.3, 0.4) is 0 Å². The van der Waals surface area contributed by atoms with Crippen molar-refractivity contribution in [2.24, 2.45) is 0 Å². The normalized spacial score (nSPS) is 10.2. The number of aromatic carboxylic acids is 1. The number of aromatic nitrogens is 1. The second kappa shape index (κ2) is 7.69. The van der Waals surface area contributed by atoms with Gasteiger partial charge in [-0.3, -0.25) is 9.59 Å². The lowest BCUT2D eigenvalue weighted by Crippen LogP contribution is -2.26. The van der Waals surface area contributed by atoms with Crippen molar-refractivity contribution in [3.63, 3.8) is 0 Å². The molecule has 0 spiro atoms. The molecule has 0 radical (unpaired) electrons. The summed E-state index contributed by atoms with van der Waals surface area (Å²) in [5.74, 6) is -1.44. The molecule has 0 atom stereocenters. The van der Waals surface area contributed by atoms with Crippen molar-refractivity contribution in [1.29, 1.82) is 0 Å². The van der Waals surface area contributed by atoms with Crippen molar-refractivity contribution in [3.8, 4) is 0 Å². The van der Waals surface area contributed by atoms with E-state index in [-0.39, 0.29) is 17.5 Å². The largest absolute Gasteiger partial charge is 0.476 e. The first-order valence-electron chi connectivity index (χ1n) is 7.16. The molecule has 1 heterocycles. The van der Waals surface area contributed by atoms with E-state index in [1.165, 1.54) is 21.6 Å². The van der Waals surface area contributed by atoms with Crippen LogP contribution in [0.5, 0.6) is 0 Å². The minimum absolute atomic E-state index is 0.0162. The number of hydrogen-bond acceptors (Lipinski definition) is 5. The molecular formula is C16H17N3O4S. The monoisotopic (exact) mass is 347 g/mol. The second-order valence-corrected chi connectivity index (χ2v) is 6.16. The van der Waals surface area contributed by atoms with E-state index in [1.54, 1.807) is 38.4 Å². The molecule has 0 aliphatic carbocycles. The fourth-order valence-corrected chi connectivity index (χ4v) is 2.70. The van der Waals surface area contributed by atoms with Crippen LogP contribution in [0, 0.1) is 0 Å². The molecule has 0 bridgehead atoms. The summed E-state index contributed by atoms with van der Waals surface area (Å²) in [5.41, 5.74) is 0.985. The maximum Gasteiger partial charge on any atom is 0.355 e. The fraction of sp³-hybridized carbons (Fsp3) is 0.250. The van der Waals surface area contributed by atoms with Crippen LogP contribution in [0.15, 0.2) is 29.6 Å². The molecule has 0 aliphatic rings. The number of nitrogens with one attached hydrogen (secondary N) is 1. The Labute approximate surface area is 142 Å². The topological polar surface area (TPSA) is 99.6 Å². The molecule has 2 aromatic rings. The molecule has 0 fully saturated rings. The van der Waals surface area contributed by atoms with Gasteiger partial charge in [0.1, 0.15) is 0 Å². The van der Waals surface area contributed by atoms with Crippen molar-refractivity contribution in [3.05, 3.63) is 51.5 Å². The van der Waals surface area contributed by atoms with Crippen LogP contribution in [0.4, 0.5) is 0 Å². The van der Waals surface area contributed by atoms with Crippen molar-refractivity contribution in [2.75, 3.05) is 20.6 Å². The minimum Gasteiger partial charge on any atom is -0.476 e. The lowest BCUT2D eigenvalue weighted by Gasteiger charge is -2.10. The third-order valence-corrected chi connectivity index (χ3v) is 4.10. The quantitative estimate of drug-likeness (QED) is 0.825. The van der Waals surface area contributed by atoms with Gasteiger partial charge < -0.3 is 15.3 Å². The number of carbonyl (C=O) groups is 3. The number of carboxylic acids is 1. The molecule has 0 unspecified atom stereocenters. The van der Waals surface area contributed by atoms with Crippen molar-refractivity contribution in [2.45, 2.75) is 6.42 Å². The Hall–Kier alpha value is -2.74. The summed E-state index contributed by atoms with van der Waals surface area (Å²) in [7, 11) is 3.33. The zero-order valence-corrected chi connectivity index (χ0v) is 14.1.